The van der Waals surface area contributed by atoms with Gasteiger partial charge in [-0.15, -0.1) is 0 Å². The second-order valence-corrected chi connectivity index (χ2v) is 7.46. The third kappa shape index (κ3) is 4.17. The molecule has 0 atom stereocenters. The summed E-state index contributed by atoms with van der Waals surface area (Å²) in [6, 6.07) is 19.2. The number of benzene rings is 3. The lowest BCUT2D eigenvalue weighted by Gasteiger charge is -2.13. The van der Waals surface area contributed by atoms with Crippen molar-refractivity contribution in [2.45, 2.75) is 33.3 Å². The quantitative estimate of drug-likeness (QED) is 0.462. The Kier molecular flexibility index (Phi) is 5.48. The number of para-hydroxylation sites is 1. The van der Waals surface area contributed by atoms with Gasteiger partial charge in [-0.3, -0.25) is 4.79 Å². The number of hydrogen-bond donors (Lipinski definition) is 1. The number of ether oxygens (including phenoxy) is 1. The van der Waals surface area contributed by atoms with Crippen LogP contribution in [0.3, 0.4) is 0 Å². The number of nitrogens with one attached hydrogen (secondary N) is 1. The Labute approximate surface area is 174 Å². The number of carbonyl (C=O) groups is 1. The Bertz CT molecular complexity index is 1200. The van der Waals surface area contributed by atoms with Gasteiger partial charge in [0, 0.05) is 11.6 Å². The summed E-state index contributed by atoms with van der Waals surface area (Å²) in [6.45, 7) is 6.03. The van der Waals surface area contributed by atoms with Crippen molar-refractivity contribution < 1.29 is 14.1 Å². The molecule has 1 aromatic heterocycles. The SMILES string of the molecule is Cc1ccccc1NC(=O)c1cc2ccccc2cc1OCc1noc(C(C)C)n1. The van der Waals surface area contributed by atoms with Gasteiger partial charge in [-0.05, 0) is 41.5 Å². The third-order valence-electron chi connectivity index (χ3n) is 4.82. The average molecular weight is 401 g/mol. The molecule has 0 bridgehead atoms. The van der Waals surface area contributed by atoms with Crippen LogP contribution in [0.25, 0.3) is 10.8 Å². The van der Waals surface area contributed by atoms with Crippen molar-refractivity contribution in [2.75, 3.05) is 5.32 Å². The van der Waals surface area contributed by atoms with Crippen molar-refractivity contribution in [3.05, 3.63) is 83.5 Å². The second-order valence-electron chi connectivity index (χ2n) is 7.46. The van der Waals surface area contributed by atoms with Crippen molar-refractivity contribution >= 4 is 22.4 Å². The number of amides is 1. The third-order valence-corrected chi connectivity index (χ3v) is 4.82. The summed E-state index contributed by atoms with van der Waals surface area (Å²) in [5.41, 5.74) is 2.20. The standard InChI is InChI=1S/C24H23N3O3/c1-15(2)24-26-22(27-30-24)14-29-21-13-18-10-6-5-9-17(18)12-19(21)23(28)25-20-11-7-4-8-16(20)3/h4-13,15H,14H2,1-3H3,(H,25,28). The number of rotatable bonds is 6. The van der Waals surface area contributed by atoms with Crippen LogP contribution in [0.15, 0.2) is 65.2 Å². The highest BCUT2D eigenvalue weighted by Crippen LogP contribution is 2.28. The van der Waals surface area contributed by atoms with Gasteiger partial charge in [-0.2, -0.15) is 4.98 Å². The number of carbonyl (C=O) groups excluding carboxylic acids is 1. The molecular weight excluding hydrogens is 378 g/mol. The number of aryl methyl sites for hydroxylation is 1. The summed E-state index contributed by atoms with van der Waals surface area (Å²) >= 11 is 0. The molecular formula is C24H23N3O3. The smallest absolute Gasteiger partial charge is 0.259 e. The summed E-state index contributed by atoms with van der Waals surface area (Å²) in [5.74, 6) is 1.38. The van der Waals surface area contributed by atoms with Gasteiger partial charge >= 0.3 is 0 Å². The van der Waals surface area contributed by atoms with Crippen molar-refractivity contribution in [3.8, 4) is 5.75 Å². The molecule has 152 valence electrons. The zero-order chi connectivity index (χ0) is 21.1. The molecule has 4 aromatic rings. The molecule has 0 saturated heterocycles. The highest BCUT2D eigenvalue weighted by atomic mass is 16.5. The van der Waals surface area contributed by atoms with Crippen LogP contribution >= 0.6 is 0 Å². The Morgan fingerprint density at radius 1 is 1.07 bits per heavy atom. The minimum absolute atomic E-state index is 0.110. The first-order valence-corrected chi connectivity index (χ1v) is 9.86. The minimum Gasteiger partial charge on any atom is -0.485 e. The molecule has 0 unspecified atom stereocenters. The van der Waals surface area contributed by atoms with Crippen LogP contribution in [0.1, 0.15) is 47.4 Å². The fraction of sp³-hybridized carbons (Fsp3) is 0.208. The van der Waals surface area contributed by atoms with E-state index in [1.54, 1.807) is 0 Å². The predicted molar refractivity (Wildman–Crippen MR) is 116 cm³/mol. The zero-order valence-electron chi connectivity index (χ0n) is 17.2. The molecule has 1 heterocycles. The molecule has 1 N–H and O–H groups in total. The van der Waals surface area contributed by atoms with Crippen LogP contribution in [0.5, 0.6) is 5.75 Å². The van der Waals surface area contributed by atoms with E-state index in [0.29, 0.717) is 23.0 Å². The van der Waals surface area contributed by atoms with E-state index in [2.05, 4.69) is 15.5 Å². The molecule has 0 radical (unpaired) electrons. The van der Waals surface area contributed by atoms with Gasteiger partial charge in [0.15, 0.2) is 6.61 Å². The van der Waals surface area contributed by atoms with E-state index < -0.39 is 0 Å². The van der Waals surface area contributed by atoms with Gasteiger partial charge in [0.25, 0.3) is 5.91 Å². The van der Waals surface area contributed by atoms with Crippen molar-refractivity contribution in [1.82, 2.24) is 10.1 Å². The van der Waals surface area contributed by atoms with Crippen LogP contribution in [-0.2, 0) is 6.61 Å². The second kappa shape index (κ2) is 8.37. The summed E-state index contributed by atoms with van der Waals surface area (Å²) < 4.78 is 11.2. The first-order valence-electron chi connectivity index (χ1n) is 9.86. The molecule has 0 spiro atoms. The molecule has 0 aliphatic heterocycles. The normalized spacial score (nSPS) is 11.1. The summed E-state index contributed by atoms with van der Waals surface area (Å²) in [7, 11) is 0. The molecule has 6 nitrogen and oxygen atoms in total. The molecule has 0 saturated carbocycles. The molecule has 0 aliphatic carbocycles. The fourth-order valence-electron chi connectivity index (χ4n) is 3.12. The van der Waals surface area contributed by atoms with Crippen LogP contribution < -0.4 is 10.1 Å². The van der Waals surface area contributed by atoms with Gasteiger partial charge in [0.2, 0.25) is 11.7 Å². The monoisotopic (exact) mass is 401 g/mol. The van der Waals surface area contributed by atoms with Gasteiger partial charge in [0.05, 0.1) is 5.56 Å². The van der Waals surface area contributed by atoms with E-state index in [1.165, 1.54) is 0 Å². The highest BCUT2D eigenvalue weighted by molar-refractivity contribution is 6.09. The summed E-state index contributed by atoms with van der Waals surface area (Å²) in [6.07, 6.45) is 0. The molecule has 0 fully saturated rings. The lowest BCUT2D eigenvalue weighted by molar-refractivity contribution is 0.102. The topological polar surface area (TPSA) is 77.2 Å². The van der Waals surface area contributed by atoms with E-state index in [4.69, 9.17) is 9.26 Å². The first kappa shape index (κ1) is 19.6. The molecule has 6 heteroatoms. The van der Waals surface area contributed by atoms with Gasteiger partial charge in [-0.1, -0.05) is 61.5 Å². The van der Waals surface area contributed by atoms with Crippen LogP contribution in [0.4, 0.5) is 5.69 Å². The summed E-state index contributed by atoms with van der Waals surface area (Å²) in [4.78, 5) is 17.4. The van der Waals surface area contributed by atoms with Crippen molar-refractivity contribution in [1.29, 1.82) is 0 Å². The number of nitrogens with zero attached hydrogens (tertiary/aromatic N) is 2. The lowest BCUT2D eigenvalue weighted by Crippen LogP contribution is -2.14. The number of hydrogen-bond acceptors (Lipinski definition) is 5. The van der Waals surface area contributed by atoms with E-state index in [-0.39, 0.29) is 18.4 Å². The Morgan fingerprint density at radius 3 is 2.47 bits per heavy atom. The first-order chi connectivity index (χ1) is 14.5. The Hall–Kier alpha value is -3.67. The maximum absolute atomic E-state index is 13.1. The van der Waals surface area contributed by atoms with Crippen molar-refractivity contribution in [3.63, 3.8) is 0 Å². The van der Waals surface area contributed by atoms with Crippen molar-refractivity contribution in [2.24, 2.45) is 0 Å². The molecule has 0 aliphatic rings. The van der Waals surface area contributed by atoms with E-state index >= 15 is 0 Å². The largest absolute Gasteiger partial charge is 0.485 e. The van der Waals surface area contributed by atoms with Gasteiger partial charge < -0.3 is 14.6 Å². The number of fused-ring (bicyclic) bond motifs is 1. The minimum atomic E-state index is -0.235. The van der Waals surface area contributed by atoms with E-state index in [1.807, 2.05) is 81.4 Å². The van der Waals surface area contributed by atoms with Crippen LogP contribution in [-0.4, -0.2) is 16.0 Å². The van der Waals surface area contributed by atoms with E-state index in [0.717, 1.165) is 22.0 Å². The predicted octanol–water partition coefficient (Wildman–Crippen LogP) is 5.49. The molecule has 4 rings (SSSR count). The number of anilines is 1. The Morgan fingerprint density at radius 2 is 1.77 bits per heavy atom. The average Bonchev–Trinajstić information content (AvgIpc) is 3.22. The lowest BCUT2D eigenvalue weighted by atomic mass is 10.0. The summed E-state index contributed by atoms with van der Waals surface area (Å²) in [5, 5.41) is 8.88. The fourth-order valence-corrected chi connectivity index (χ4v) is 3.12. The zero-order valence-corrected chi connectivity index (χ0v) is 17.2. The van der Waals surface area contributed by atoms with Crippen LogP contribution in [0.2, 0.25) is 0 Å². The number of aromatic nitrogens is 2. The Balaban J connectivity index is 1.64. The maximum atomic E-state index is 13.1. The van der Waals surface area contributed by atoms with E-state index in [9.17, 15) is 4.79 Å². The highest BCUT2D eigenvalue weighted by Gasteiger charge is 2.17. The maximum Gasteiger partial charge on any atom is 0.259 e. The molecule has 30 heavy (non-hydrogen) atoms. The van der Waals surface area contributed by atoms with Crippen LogP contribution in [0, 0.1) is 6.92 Å². The van der Waals surface area contributed by atoms with Gasteiger partial charge in [-0.25, -0.2) is 0 Å². The molecule has 1 amide bonds. The van der Waals surface area contributed by atoms with Gasteiger partial charge in [0.1, 0.15) is 5.75 Å². The molecule has 3 aromatic carbocycles.